The molecule has 0 aromatic rings. The Labute approximate surface area is 70.3 Å². The van der Waals surface area contributed by atoms with Gasteiger partial charge in [-0.2, -0.15) is 0 Å². The predicted molar refractivity (Wildman–Crippen MR) is 44.0 cm³/mol. The van der Waals surface area contributed by atoms with Crippen LogP contribution in [0.25, 0.3) is 0 Å². The number of aliphatic hydroxyl groups is 1. The highest BCUT2D eigenvalue weighted by Crippen LogP contribution is 1.85. The van der Waals surface area contributed by atoms with Crippen molar-refractivity contribution in [1.29, 1.82) is 0 Å². The summed E-state index contributed by atoms with van der Waals surface area (Å²) in [5.74, 6) is -0.0593. The Bertz CT molecular complexity index is 181. The van der Waals surface area contributed by atoms with E-state index in [0.29, 0.717) is 13.0 Å². The van der Waals surface area contributed by atoms with Crippen molar-refractivity contribution in [3.8, 4) is 0 Å². The lowest BCUT2D eigenvalue weighted by Crippen LogP contribution is -2.38. The van der Waals surface area contributed by atoms with Crippen LogP contribution in [0.5, 0.6) is 0 Å². The molecule has 0 aliphatic heterocycles. The van der Waals surface area contributed by atoms with Gasteiger partial charge in [0, 0.05) is 20.2 Å². The van der Waals surface area contributed by atoms with Crippen LogP contribution in [0.3, 0.4) is 0 Å². The highest BCUT2D eigenvalue weighted by molar-refractivity contribution is 5.91. The first-order valence-corrected chi connectivity index (χ1v) is 3.47. The molecule has 0 saturated carbocycles. The van der Waals surface area contributed by atoms with E-state index in [9.17, 15) is 4.79 Å². The summed E-state index contributed by atoms with van der Waals surface area (Å²) in [5, 5.41) is 16.8. The van der Waals surface area contributed by atoms with Crippen molar-refractivity contribution >= 4 is 12.1 Å². The van der Waals surface area contributed by atoms with Crippen LogP contribution in [0, 0.1) is 0 Å². The van der Waals surface area contributed by atoms with Gasteiger partial charge in [-0.3, -0.25) is 9.89 Å². The van der Waals surface area contributed by atoms with E-state index in [-0.39, 0.29) is 12.6 Å². The molecule has 0 saturated heterocycles. The Kier molecular flexibility index (Phi) is 4.78. The number of hydrogen-bond acceptors (Lipinski definition) is 3. The SMILES string of the molecule is CN(C(=O)O)C(N)=NCCCO. The van der Waals surface area contributed by atoms with Crippen molar-refractivity contribution in [1.82, 2.24) is 4.90 Å². The lowest BCUT2D eigenvalue weighted by molar-refractivity contribution is 0.175. The number of amides is 1. The van der Waals surface area contributed by atoms with Gasteiger partial charge in [-0.1, -0.05) is 0 Å². The van der Waals surface area contributed by atoms with Gasteiger partial charge >= 0.3 is 6.09 Å². The molecule has 0 aliphatic rings. The molecular formula is C6H13N3O3. The van der Waals surface area contributed by atoms with Gasteiger partial charge in [0.05, 0.1) is 0 Å². The van der Waals surface area contributed by atoms with Crippen LogP contribution in [0.2, 0.25) is 0 Å². The highest BCUT2D eigenvalue weighted by Gasteiger charge is 2.07. The number of nitrogens with zero attached hydrogens (tertiary/aromatic N) is 2. The molecule has 12 heavy (non-hydrogen) atoms. The van der Waals surface area contributed by atoms with E-state index in [4.69, 9.17) is 15.9 Å². The summed E-state index contributed by atoms with van der Waals surface area (Å²) in [5.41, 5.74) is 5.27. The van der Waals surface area contributed by atoms with E-state index in [0.717, 1.165) is 4.90 Å². The molecule has 0 unspecified atom stereocenters. The smallest absolute Gasteiger partial charge is 0.413 e. The van der Waals surface area contributed by atoms with Gasteiger partial charge in [-0.15, -0.1) is 0 Å². The van der Waals surface area contributed by atoms with Crippen LogP contribution in [-0.2, 0) is 0 Å². The summed E-state index contributed by atoms with van der Waals surface area (Å²) in [7, 11) is 1.31. The largest absolute Gasteiger partial charge is 0.465 e. The number of hydrogen-bond donors (Lipinski definition) is 3. The molecule has 6 heteroatoms. The minimum absolute atomic E-state index is 0.0214. The number of guanidine groups is 1. The maximum absolute atomic E-state index is 10.3. The molecule has 1 amide bonds. The quantitative estimate of drug-likeness (QED) is 0.300. The monoisotopic (exact) mass is 175 g/mol. The van der Waals surface area contributed by atoms with Crippen LogP contribution >= 0.6 is 0 Å². The zero-order valence-electron chi connectivity index (χ0n) is 6.90. The number of aliphatic imine (C=N–C) groups is 1. The summed E-state index contributed by atoms with van der Waals surface area (Å²) in [4.78, 5) is 14.8. The number of carboxylic acid groups (broad SMARTS) is 1. The lowest BCUT2D eigenvalue weighted by atomic mass is 10.5. The summed E-state index contributed by atoms with van der Waals surface area (Å²) in [6, 6.07) is 0. The second-order valence-electron chi connectivity index (χ2n) is 2.16. The van der Waals surface area contributed by atoms with E-state index < -0.39 is 6.09 Å². The Morgan fingerprint density at radius 1 is 1.67 bits per heavy atom. The molecule has 0 heterocycles. The fourth-order valence-corrected chi connectivity index (χ4v) is 0.468. The first-order chi connectivity index (χ1) is 5.59. The molecule has 0 bridgehead atoms. The van der Waals surface area contributed by atoms with Gasteiger partial charge in [0.25, 0.3) is 0 Å². The third-order valence-corrected chi connectivity index (χ3v) is 1.22. The Morgan fingerprint density at radius 2 is 2.25 bits per heavy atom. The van der Waals surface area contributed by atoms with E-state index in [1.807, 2.05) is 0 Å². The van der Waals surface area contributed by atoms with Gasteiger partial charge in [-0.05, 0) is 6.42 Å². The average molecular weight is 175 g/mol. The Hall–Kier alpha value is -1.30. The standard InChI is InChI=1S/C6H13N3O3/c1-9(6(11)12)5(7)8-3-2-4-10/h10H,2-4H2,1H3,(H2,7,8)(H,11,12). The van der Waals surface area contributed by atoms with Gasteiger partial charge in [0.15, 0.2) is 0 Å². The molecule has 0 aromatic carbocycles. The van der Waals surface area contributed by atoms with Crippen molar-refractivity contribution < 1.29 is 15.0 Å². The first-order valence-electron chi connectivity index (χ1n) is 3.47. The maximum atomic E-state index is 10.3. The zero-order chi connectivity index (χ0) is 9.56. The molecule has 0 spiro atoms. The van der Waals surface area contributed by atoms with Crippen molar-refractivity contribution in [3.05, 3.63) is 0 Å². The summed E-state index contributed by atoms with van der Waals surface area (Å²) < 4.78 is 0. The van der Waals surface area contributed by atoms with Gasteiger partial charge in [0.1, 0.15) is 0 Å². The van der Waals surface area contributed by atoms with Crippen LogP contribution in [0.15, 0.2) is 4.99 Å². The predicted octanol–water partition coefficient (Wildman–Crippen LogP) is -0.707. The minimum atomic E-state index is -1.15. The molecule has 0 rings (SSSR count). The molecule has 0 radical (unpaired) electrons. The summed E-state index contributed by atoms with van der Waals surface area (Å²) in [6.45, 7) is 0.355. The first kappa shape index (κ1) is 10.7. The maximum Gasteiger partial charge on any atom is 0.413 e. The molecular weight excluding hydrogens is 162 g/mol. The van der Waals surface area contributed by atoms with Crippen LogP contribution in [0.4, 0.5) is 4.79 Å². The average Bonchev–Trinajstić information content (AvgIpc) is 2.03. The Balaban J connectivity index is 3.90. The number of carbonyl (C=O) groups is 1. The van der Waals surface area contributed by atoms with Crippen molar-refractivity contribution in [3.63, 3.8) is 0 Å². The number of nitrogens with two attached hydrogens (primary N) is 1. The van der Waals surface area contributed by atoms with Gasteiger partial charge in [0.2, 0.25) is 5.96 Å². The second kappa shape index (κ2) is 5.36. The normalized spacial score (nSPS) is 11.3. The fraction of sp³-hybridized carbons (Fsp3) is 0.667. The lowest BCUT2D eigenvalue weighted by Gasteiger charge is -2.10. The Morgan fingerprint density at radius 3 is 2.67 bits per heavy atom. The van der Waals surface area contributed by atoms with Crippen LogP contribution < -0.4 is 5.73 Å². The molecule has 0 atom stereocenters. The van der Waals surface area contributed by atoms with Gasteiger partial charge < -0.3 is 15.9 Å². The van der Waals surface area contributed by atoms with Crippen molar-refractivity contribution in [2.24, 2.45) is 10.7 Å². The van der Waals surface area contributed by atoms with E-state index >= 15 is 0 Å². The third-order valence-electron chi connectivity index (χ3n) is 1.22. The molecule has 70 valence electrons. The van der Waals surface area contributed by atoms with Crippen molar-refractivity contribution in [2.45, 2.75) is 6.42 Å². The van der Waals surface area contributed by atoms with E-state index in [2.05, 4.69) is 4.99 Å². The molecule has 0 fully saturated rings. The summed E-state index contributed by atoms with van der Waals surface area (Å²) in [6.07, 6.45) is -0.672. The molecule has 0 aliphatic carbocycles. The van der Waals surface area contributed by atoms with Crippen LogP contribution in [-0.4, -0.2) is 47.4 Å². The molecule has 0 aromatic heterocycles. The van der Waals surface area contributed by atoms with E-state index in [1.165, 1.54) is 7.05 Å². The third kappa shape index (κ3) is 3.77. The van der Waals surface area contributed by atoms with E-state index in [1.54, 1.807) is 0 Å². The molecule has 4 N–H and O–H groups in total. The second-order valence-corrected chi connectivity index (χ2v) is 2.16. The van der Waals surface area contributed by atoms with Crippen LogP contribution in [0.1, 0.15) is 6.42 Å². The topological polar surface area (TPSA) is 99.2 Å². The fourth-order valence-electron chi connectivity index (χ4n) is 0.468. The number of rotatable bonds is 3. The minimum Gasteiger partial charge on any atom is -0.465 e. The molecule has 6 nitrogen and oxygen atoms in total. The number of aliphatic hydroxyl groups excluding tert-OH is 1. The van der Waals surface area contributed by atoms with Crippen molar-refractivity contribution in [2.75, 3.05) is 20.2 Å². The van der Waals surface area contributed by atoms with Gasteiger partial charge in [-0.25, -0.2) is 4.79 Å². The highest BCUT2D eigenvalue weighted by atomic mass is 16.4. The summed E-state index contributed by atoms with van der Waals surface area (Å²) >= 11 is 0. The zero-order valence-corrected chi connectivity index (χ0v) is 6.90.